The van der Waals surface area contributed by atoms with Gasteiger partial charge in [0.2, 0.25) is 0 Å². The normalized spacial score (nSPS) is 13.1. The number of rotatable bonds is 9. The van der Waals surface area contributed by atoms with Gasteiger partial charge in [-0.2, -0.15) is 0 Å². The van der Waals surface area contributed by atoms with Crippen LogP contribution in [0.2, 0.25) is 0 Å². The Morgan fingerprint density at radius 3 is 1.33 bits per heavy atom. The minimum absolute atomic E-state index is 0.104. The van der Waals surface area contributed by atoms with Crippen LogP contribution in [0.1, 0.15) is 34.3 Å². The van der Waals surface area contributed by atoms with Gasteiger partial charge in [0, 0.05) is 23.6 Å². The van der Waals surface area contributed by atoms with Crippen molar-refractivity contribution in [3.8, 4) is 23.0 Å². The lowest BCUT2D eigenvalue weighted by atomic mass is 9.94. The highest BCUT2D eigenvalue weighted by molar-refractivity contribution is 5.85. The molecule has 6 nitrogen and oxygen atoms in total. The van der Waals surface area contributed by atoms with Gasteiger partial charge in [0.25, 0.3) is 0 Å². The van der Waals surface area contributed by atoms with Crippen molar-refractivity contribution in [3.63, 3.8) is 0 Å². The molecule has 0 aliphatic rings. The smallest absolute Gasteiger partial charge is 0.124 e. The van der Waals surface area contributed by atoms with Crippen molar-refractivity contribution >= 4 is 12.4 Å². The van der Waals surface area contributed by atoms with Gasteiger partial charge in [0.1, 0.15) is 35.1 Å². The van der Waals surface area contributed by atoms with Crippen molar-refractivity contribution in [1.82, 2.24) is 0 Å². The van der Waals surface area contributed by atoms with E-state index < -0.39 is 12.1 Å². The van der Waals surface area contributed by atoms with Gasteiger partial charge in [0.15, 0.2) is 0 Å². The minimum atomic E-state index is -0.414. The standard InChI is InChI=1S/C30H28N2O4/c1-35-25-13-15-27(33)23(17-25)19-31-29(21-9-5-3-6-10-21)30(22-11-7-4-8-12-22)32-20-24-18-26(36-2)14-16-28(24)34/h3-20,29-30,33-34H,1-2H3/t29-,30+. The van der Waals surface area contributed by atoms with Crippen molar-refractivity contribution < 1.29 is 19.7 Å². The van der Waals surface area contributed by atoms with Gasteiger partial charge in [-0.25, -0.2) is 0 Å². The Kier molecular flexibility index (Phi) is 7.98. The van der Waals surface area contributed by atoms with Gasteiger partial charge in [-0.1, -0.05) is 60.7 Å². The zero-order valence-electron chi connectivity index (χ0n) is 20.2. The first-order valence-corrected chi connectivity index (χ1v) is 11.5. The minimum Gasteiger partial charge on any atom is -0.507 e. The molecule has 4 aromatic carbocycles. The highest BCUT2D eigenvalue weighted by Gasteiger charge is 2.23. The summed E-state index contributed by atoms with van der Waals surface area (Å²) in [5, 5.41) is 20.8. The Morgan fingerprint density at radius 1 is 0.583 bits per heavy atom. The number of phenolic OH excluding ortho intramolecular Hbond substituents is 2. The summed E-state index contributed by atoms with van der Waals surface area (Å²) >= 11 is 0. The van der Waals surface area contributed by atoms with E-state index >= 15 is 0 Å². The third kappa shape index (κ3) is 5.91. The maximum absolute atomic E-state index is 10.4. The lowest BCUT2D eigenvalue weighted by molar-refractivity contribution is 0.412. The number of methoxy groups -OCH3 is 2. The molecule has 2 atom stereocenters. The van der Waals surface area contributed by atoms with Gasteiger partial charge in [0.05, 0.1) is 14.2 Å². The van der Waals surface area contributed by atoms with Crippen molar-refractivity contribution in [2.24, 2.45) is 9.98 Å². The van der Waals surface area contributed by atoms with E-state index in [-0.39, 0.29) is 11.5 Å². The van der Waals surface area contributed by atoms with E-state index in [1.807, 2.05) is 60.7 Å². The number of aliphatic imine (C=N–C) groups is 2. The summed E-state index contributed by atoms with van der Waals surface area (Å²) in [6, 6.07) is 28.9. The molecule has 0 heterocycles. The monoisotopic (exact) mass is 480 g/mol. The summed E-state index contributed by atoms with van der Waals surface area (Å²) in [6.07, 6.45) is 3.29. The maximum Gasteiger partial charge on any atom is 0.124 e. The number of ether oxygens (including phenoxy) is 2. The summed E-state index contributed by atoms with van der Waals surface area (Å²) in [6.45, 7) is 0. The number of phenols is 2. The molecular formula is C30H28N2O4. The number of aromatic hydroxyl groups is 2. The molecule has 0 fully saturated rings. The van der Waals surface area contributed by atoms with Crippen LogP contribution in [0.3, 0.4) is 0 Å². The Hall–Kier alpha value is -4.58. The molecule has 0 aromatic heterocycles. The zero-order chi connectivity index (χ0) is 25.3. The van der Waals surface area contributed by atoms with Gasteiger partial charge in [-0.05, 0) is 47.5 Å². The zero-order valence-corrected chi connectivity index (χ0v) is 20.2. The van der Waals surface area contributed by atoms with E-state index in [2.05, 4.69) is 0 Å². The van der Waals surface area contributed by atoms with E-state index in [0.717, 1.165) is 11.1 Å². The molecule has 0 amide bonds. The average molecular weight is 481 g/mol. The summed E-state index contributed by atoms with van der Waals surface area (Å²) < 4.78 is 10.6. The van der Waals surface area contributed by atoms with Crippen LogP contribution < -0.4 is 9.47 Å². The fourth-order valence-electron chi connectivity index (χ4n) is 3.85. The molecule has 182 valence electrons. The fraction of sp³-hybridized carbons (Fsp3) is 0.133. The first-order chi connectivity index (χ1) is 17.6. The topological polar surface area (TPSA) is 83.6 Å². The third-order valence-electron chi connectivity index (χ3n) is 5.80. The Labute approximate surface area is 210 Å². The maximum atomic E-state index is 10.4. The van der Waals surface area contributed by atoms with Crippen molar-refractivity contribution in [2.75, 3.05) is 14.2 Å². The SMILES string of the molecule is COc1ccc(O)c(C=N[C@H](c2ccccc2)[C@@H](N=Cc2cc(OC)ccc2O)c2ccccc2)c1. The van der Waals surface area contributed by atoms with Crippen molar-refractivity contribution in [1.29, 1.82) is 0 Å². The molecule has 0 unspecified atom stereocenters. The van der Waals surface area contributed by atoms with Crippen LogP contribution in [0.5, 0.6) is 23.0 Å². The first kappa shape index (κ1) is 24.5. The molecular weight excluding hydrogens is 452 g/mol. The number of benzene rings is 4. The first-order valence-electron chi connectivity index (χ1n) is 11.5. The summed E-state index contributed by atoms with van der Waals surface area (Å²) in [5.41, 5.74) is 2.99. The van der Waals surface area contributed by atoms with Gasteiger partial charge in [-0.3, -0.25) is 9.98 Å². The Balaban J connectivity index is 1.81. The summed E-state index contributed by atoms with van der Waals surface area (Å²) in [4.78, 5) is 9.81. The lowest BCUT2D eigenvalue weighted by Gasteiger charge is -2.22. The molecule has 0 radical (unpaired) electrons. The lowest BCUT2D eigenvalue weighted by Crippen LogP contribution is -2.09. The average Bonchev–Trinajstić information content (AvgIpc) is 2.93. The van der Waals surface area contributed by atoms with Crippen LogP contribution in [-0.2, 0) is 0 Å². The van der Waals surface area contributed by atoms with Gasteiger partial charge in [-0.15, -0.1) is 0 Å². The highest BCUT2D eigenvalue weighted by atomic mass is 16.5. The molecule has 4 rings (SSSR count). The summed E-state index contributed by atoms with van der Waals surface area (Å²) in [5.74, 6) is 1.45. The van der Waals surface area contributed by atoms with Gasteiger partial charge >= 0.3 is 0 Å². The third-order valence-corrected chi connectivity index (χ3v) is 5.80. The van der Waals surface area contributed by atoms with Crippen molar-refractivity contribution in [3.05, 3.63) is 119 Å². The van der Waals surface area contributed by atoms with Gasteiger partial charge < -0.3 is 19.7 Å². The molecule has 0 saturated carbocycles. The number of hydrogen-bond acceptors (Lipinski definition) is 6. The molecule has 2 N–H and O–H groups in total. The van der Waals surface area contributed by atoms with Crippen molar-refractivity contribution in [2.45, 2.75) is 12.1 Å². The largest absolute Gasteiger partial charge is 0.507 e. The summed E-state index contributed by atoms with van der Waals surface area (Å²) in [7, 11) is 3.16. The Morgan fingerprint density at radius 2 is 0.972 bits per heavy atom. The molecule has 0 saturated heterocycles. The highest BCUT2D eigenvalue weighted by Crippen LogP contribution is 2.36. The van der Waals surface area contributed by atoms with E-state index in [1.54, 1.807) is 63.0 Å². The van der Waals surface area contributed by atoms with Crippen LogP contribution in [0, 0.1) is 0 Å². The molecule has 0 spiro atoms. The molecule has 0 bridgehead atoms. The second-order valence-corrected chi connectivity index (χ2v) is 8.12. The molecule has 0 aliphatic carbocycles. The van der Waals surface area contributed by atoms with E-state index in [0.29, 0.717) is 22.6 Å². The van der Waals surface area contributed by atoms with Crippen LogP contribution in [-0.4, -0.2) is 36.9 Å². The van der Waals surface area contributed by atoms with Crippen LogP contribution in [0.4, 0.5) is 0 Å². The fourth-order valence-corrected chi connectivity index (χ4v) is 3.85. The quantitative estimate of drug-likeness (QED) is 0.282. The predicted molar refractivity (Wildman–Crippen MR) is 143 cm³/mol. The Bertz CT molecular complexity index is 1230. The van der Waals surface area contributed by atoms with E-state index in [4.69, 9.17) is 19.5 Å². The second-order valence-electron chi connectivity index (χ2n) is 8.12. The molecule has 4 aromatic rings. The van der Waals surface area contributed by atoms with Crippen LogP contribution in [0.25, 0.3) is 0 Å². The molecule has 36 heavy (non-hydrogen) atoms. The number of hydrogen-bond donors (Lipinski definition) is 2. The second kappa shape index (κ2) is 11.7. The van der Waals surface area contributed by atoms with Crippen LogP contribution in [0.15, 0.2) is 107 Å². The predicted octanol–water partition coefficient (Wildman–Crippen LogP) is 6.14. The molecule has 6 heteroatoms. The van der Waals surface area contributed by atoms with E-state index in [1.165, 1.54) is 0 Å². The molecule has 0 aliphatic heterocycles. The van der Waals surface area contributed by atoms with Crippen LogP contribution >= 0.6 is 0 Å². The van der Waals surface area contributed by atoms with E-state index in [9.17, 15) is 10.2 Å². The number of nitrogens with zero attached hydrogens (tertiary/aromatic N) is 2.